The Bertz CT molecular complexity index is 1760. The Morgan fingerprint density at radius 2 is 0.766 bits per heavy atom. The van der Waals surface area contributed by atoms with Crippen LogP contribution in [0, 0.1) is 23.7 Å². The molecule has 240 valence electrons. The van der Waals surface area contributed by atoms with Crippen molar-refractivity contribution in [2.45, 2.75) is 85.2 Å². The van der Waals surface area contributed by atoms with Gasteiger partial charge in [0.2, 0.25) is 9.84 Å². The molecule has 7 heteroatoms. The zero-order valence-corrected chi connectivity index (χ0v) is 27.1. The average molecular weight is 647 g/mol. The highest BCUT2D eigenvalue weighted by Crippen LogP contribution is 2.31. The van der Waals surface area contributed by atoms with E-state index in [2.05, 4.69) is 23.7 Å². The lowest BCUT2D eigenvalue weighted by Gasteiger charge is -2.26. The third-order valence-electron chi connectivity index (χ3n) is 8.69. The van der Waals surface area contributed by atoms with Crippen LogP contribution in [0.1, 0.15) is 75.3 Å². The first kappa shape index (κ1) is 32.4. The Kier molecular flexibility index (Phi) is 9.71. The molecular formula is C40H38O6S. The number of rotatable bonds is 6. The van der Waals surface area contributed by atoms with Crippen molar-refractivity contribution < 1.29 is 28.1 Å². The minimum absolute atomic E-state index is 0.152. The molecule has 0 radical (unpaired) electrons. The molecule has 4 aromatic carbocycles. The quantitative estimate of drug-likeness (QED) is 0.205. The van der Waals surface area contributed by atoms with Crippen LogP contribution in [-0.4, -0.2) is 29.8 Å². The van der Waals surface area contributed by atoms with E-state index in [-0.39, 0.29) is 9.79 Å². The average Bonchev–Trinajstić information content (AvgIpc) is 3.09. The molecule has 0 heterocycles. The second-order valence-electron chi connectivity index (χ2n) is 12.4. The molecule has 6 nitrogen and oxygen atoms in total. The molecule has 2 saturated carbocycles. The lowest BCUT2D eigenvalue weighted by atomic mass is 9.85. The van der Waals surface area contributed by atoms with E-state index >= 15 is 0 Å². The molecule has 0 saturated heterocycles. The molecule has 0 bridgehead atoms. The van der Waals surface area contributed by atoms with E-state index in [4.69, 9.17) is 9.47 Å². The van der Waals surface area contributed by atoms with Crippen LogP contribution < -0.4 is 9.47 Å². The molecule has 6 rings (SSSR count). The SMILES string of the molecule is O=S(=O)(c1ccc(Oc2ccc(C#CC3(O)CCCCC3)cc2)cc1)c1ccc(Oc2ccc(C#CC3(O)CCCCC3)cc2)cc1. The van der Waals surface area contributed by atoms with Gasteiger partial charge in [-0.1, -0.05) is 36.5 Å². The summed E-state index contributed by atoms with van der Waals surface area (Å²) in [5.74, 6) is 14.4. The maximum Gasteiger partial charge on any atom is 0.206 e. The molecule has 4 aromatic rings. The molecule has 0 aliphatic heterocycles. The van der Waals surface area contributed by atoms with Crippen LogP contribution >= 0.6 is 0 Å². The predicted molar refractivity (Wildman–Crippen MR) is 181 cm³/mol. The first-order chi connectivity index (χ1) is 22.7. The molecule has 2 aliphatic carbocycles. The monoisotopic (exact) mass is 646 g/mol. The van der Waals surface area contributed by atoms with E-state index in [1.807, 2.05) is 24.3 Å². The van der Waals surface area contributed by atoms with Crippen molar-refractivity contribution in [1.29, 1.82) is 0 Å². The Labute approximate surface area is 277 Å². The summed E-state index contributed by atoms with van der Waals surface area (Å²) in [6.07, 6.45) is 9.15. The molecule has 2 N–H and O–H groups in total. The van der Waals surface area contributed by atoms with Gasteiger partial charge in [-0.3, -0.25) is 0 Å². The van der Waals surface area contributed by atoms with Crippen molar-refractivity contribution in [2.75, 3.05) is 0 Å². The van der Waals surface area contributed by atoms with Crippen LogP contribution in [0.5, 0.6) is 23.0 Å². The fourth-order valence-corrected chi connectivity index (χ4v) is 7.16. The first-order valence-electron chi connectivity index (χ1n) is 16.2. The van der Waals surface area contributed by atoms with Gasteiger partial charge >= 0.3 is 0 Å². The van der Waals surface area contributed by atoms with E-state index in [1.165, 1.54) is 24.3 Å². The molecule has 0 unspecified atom stereocenters. The second-order valence-corrected chi connectivity index (χ2v) is 14.3. The molecule has 2 fully saturated rings. The lowest BCUT2D eigenvalue weighted by molar-refractivity contribution is 0.0606. The molecule has 0 atom stereocenters. The number of hydrogen-bond donors (Lipinski definition) is 2. The third kappa shape index (κ3) is 8.44. The largest absolute Gasteiger partial charge is 0.457 e. The summed E-state index contributed by atoms with van der Waals surface area (Å²) < 4.78 is 38.4. The Balaban J connectivity index is 1.04. The molecule has 0 amide bonds. The zero-order valence-electron chi connectivity index (χ0n) is 26.2. The normalized spacial score (nSPS) is 16.9. The van der Waals surface area contributed by atoms with Gasteiger partial charge in [0.15, 0.2) is 0 Å². The standard InChI is InChI=1S/C40H38O6S/c41-39(25-3-1-4-26-39)29-23-31-7-11-33(12-8-31)45-35-15-19-37(20-16-35)47(43,44)38-21-17-36(18-22-38)46-34-13-9-32(10-14-34)24-30-40(42)27-5-2-6-28-40/h7-22,41-42H,1-6,25-28H2. The van der Waals surface area contributed by atoms with Crippen LogP contribution in [0.3, 0.4) is 0 Å². The van der Waals surface area contributed by atoms with Gasteiger partial charge in [0.05, 0.1) is 9.79 Å². The fourth-order valence-electron chi connectivity index (χ4n) is 5.89. The van der Waals surface area contributed by atoms with E-state index in [0.717, 1.165) is 49.7 Å². The lowest BCUT2D eigenvalue weighted by Crippen LogP contribution is -2.29. The fraction of sp³-hybridized carbons (Fsp3) is 0.300. The summed E-state index contributed by atoms with van der Waals surface area (Å²) in [7, 11) is -3.75. The summed E-state index contributed by atoms with van der Waals surface area (Å²) in [6.45, 7) is 0. The van der Waals surface area contributed by atoms with Crippen LogP contribution in [0.25, 0.3) is 0 Å². The summed E-state index contributed by atoms with van der Waals surface area (Å²) in [5.41, 5.74) is -0.199. The minimum Gasteiger partial charge on any atom is -0.457 e. The highest BCUT2D eigenvalue weighted by Gasteiger charge is 2.27. The number of aliphatic hydroxyl groups is 2. The van der Waals surface area contributed by atoms with Crippen molar-refractivity contribution in [1.82, 2.24) is 0 Å². The van der Waals surface area contributed by atoms with Crippen LogP contribution in [0.4, 0.5) is 0 Å². The van der Waals surface area contributed by atoms with Crippen LogP contribution in [0.15, 0.2) is 107 Å². The van der Waals surface area contributed by atoms with Gasteiger partial charge in [-0.05, 0) is 148 Å². The topological polar surface area (TPSA) is 93.1 Å². The highest BCUT2D eigenvalue weighted by atomic mass is 32.2. The first-order valence-corrected chi connectivity index (χ1v) is 17.7. The Hall–Kier alpha value is -4.53. The Morgan fingerprint density at radius 1 is 0.468 bits per heavy atom. The van der Waals surface area contributed by atoms with Crippen molar-refractivity contribution in [3.05, 3.63) is 108 Å². The van der Waals surface area contributed by atoms with Crippen molar-refractivity contribution in [3.63, 3.8) is 0 Å². The van der Waals surface area contributed by atoms with Gasteiger partial charge in [0, 0.05) is 11.1 Å². The van der Waals surface area contributed by atoms with Crippen molar-refractivity contribution >= 4 is 9.84 Å². The van der Waals surface area contributed by atoms with E-state index < -0.39 is 21.0 Å². The van der Waals surface area contributed by atoms with Gasteiger partial charge in [-0.15, -0.1) is 0 Å². The maximum absolute atomic E-state index is 13.3. The zero-order chi connectivity index (χ0) is 32.7. The summed E-state index contributed by atoms with van der Waals surface area (Å²) in [5, 5.41) is 21.2. The number of hydrogen-bond acceptors (Lipinski definition) is 6. The highest BCUT2D eigenvalue weighted by molar-refractivity contribution is 7.91. The summed E-state index contributed by atoms with van der Waals surface area (Å²) in [4.78, 5) is 0.304. The predicted octanol–water partition coefficient (Wildman–Crippen LogP) is 8.20. The minimum atomic E-state index is -3.75. The number of ether oxygens (including phenoxy) is 2. The van der Waals surface area contributed by atoms with Crippen LogP contribution in [-0.2, 0) is 9.84 Å². The second kappa shape index (κ2) is 14.1. The molecule has 2 aliphatic rings. The number of sulfone groups is 1. The van der Waals surface area contributed by atoms with E-state index in [1.54, 1.807) is 48.5 Å². The van der Waals surface area contributed by atoms with Gasteiger partial charge in [-0.2, -0.15) is 0 Å². The molecule has 0 spiro atoms. The van der Waals surface area contributed by atoms with Gasteiger partial charge in [0.25, 0.3) is 0 Å². The van der Waals surface area contributed by atoms with E-state index in [0.29, 0.717) is 48.7 Å². The molecular weight excluding hydrogens is 609 g/mol. The molecule has 47 heavy (non-hydrogen) atoms. The third-order valence-corrected chi connectivity index (χ3v) is 10.5. The van der Waals surface area contributed by atoms with Gasteiger partial charge in [-0.25, -0.2) is 8.42 Å². The number of benzene rings is 4. The maximum atomic E-state index is 13.3. The Morgan fingerprint density at radius 3 is 1.09 bits per heavy atom. The van der Waals surface area contributed by atoms with Crippen molar-refractivity contribution in [3.8, 4) is 46.7 Å². The van der Waals surface area contributed by atoms with Gasteiger partial charge in [0.1, 0.15) is 34.2 Å². The smallest absolute Gasteiger partial charge is 0.206 e. The van der Waals surface area contributed by atoms with Crippen molar-refractivity contribution in [2.24, 2.45) is 0 Å². The van der Waals surface area contributed by atoms with Gasteiger partial charge < -0.3 is 19.7 Å². The summed E-state index contributed by atoms with van der Waals surface area (Å²) in [6, 6.07) is 27.2. The summed E-state index contributed by atoms with van der Waals surface area (Å²) >= 11 is 0. The van der Waals surface area contributed by atoms with E-state index in [9.17, 15) is 18.6 Å². The van der Waals surface area contributed by atoms with Crippen LogP contribution in [0.2, 0.25) is 0 Å². The molecule has 0 aromatic heterocycles.